The quantitative estimate of drug-likeness (QED) is 0.580. The van der Waals surface area contributed by atoms with Crippen molar-refractivity contribution in [2.45, 2.75) is 19.9 Å². The van der Waals surface area contributed by atoms with Gasteiger partial charge in [0, 0.05) is 19.2 Å². The van der Waals surface area contributed by atoms with Gasteiger partial charge in [-0.05, 0) is 19.2 Å². The molecule has 0 saturated carbocycles. The van der Waals surface area contributed by atoms with E-state index in [2.05, 4.69) is 30.1 Å². The number of hydrogen-bond acceptors (Lipinski definition) is 5. The Morgan fingerprint density at radius 3 is 2.60 bits per heavy atom. The molecule has 108 valence electrons. The van der Waals surface area contributed by atoms with Crippen molar-refractivity contribution in [2.75, 3.05) is 26.2 Å². The van der Waals surface area contributed by atoms with Gasteiger partial charge in [-0.3, -0.25) is 15.4 Å². The van der Waals surface area contributed by atoms with Crippen LogP contribution in [-0.2, 0) is 0 Å². The lowest BCUT2D eigenvalue weighted by molar-refractivity contribution is -0.385. The van der Waals surface area contributed by atoms with E-state index in [1.54, 1.807) is 18.2 Å². The van der Waals surface area contributed by atoms with Crippen LogP contribution < -0.4 is 5.32 Å². The predicted molar refractivity (Wildman–Crippen MR) is 77.2 cm³/mol. The SMILES string of the molecule is CCN(CC)CCNC(C#N)c1ccccc1[N+](=O)[O-]. The summed E-state index contributed by atoms with van der Waals surface area (Å²) in [7, 11) is 0. The maximum Gasteiger partial charge on any atom is 0.275 e. The van der Waals surface area contributed by atoms with Gasteiger partial charge in [0.2, 0.25) is 0 Å². The Hall–Kier alpha value is -1.97. The summed E-state index contributed by atoms with van der Waals surface area (Å²) in [5, 5.41) is 23.3. The van der Waals surface area contributed by atoms with E-state index >= 15 is 0 Å². The minimum absolute atomic E-state index is 0.0191. The standard InChI is InChI=1S/C14H20N4O2/c1-3-17(4-2)10-9-16-13(11-15)12-7-5-6-8-14(12)18(19)20/h5-8,13,16H,3-4,9-10H2,1-2H3. The first-order chi connectivity index (χ1) is 9.63. The molecule has 0 aliphatic rings. The Labute approximate surface area is 119 Å². The third-order valence-corrected chi connectivity index (χ3v) is 3.24. The lowest BCUT2D eigenvalue weighted by Gasteiger charge is -2.19. The van der Waals surface area contributed by atoms with E-state index in [1.807, 2.05) is 0 Å². The fourth-order valence-corrected chi connectivity index (χ4v) is 2.03. The van der Waals surface area contributed by atoms with E-state index in [9.17, 15) is 15.4 Å². The smallest absolute Gasteiger partial charge is 0.275 e. The second-order valence-electron chi connectivity index (χ2n) is 4.36. The molecule has 0 saturated heterocycles. The highest BCUT2D eigenvalue weighted by Gasteiger charge is 2.20. The second-order valence-corrected chi connectivity index (χ2v) is 4.36. The molecular formula is C14H20N4O2. The highest BCUT2D eigenvalue weighted by Crippen LogP contribution is 2.24. The zero-order chi connectivity index (χ0) is 15.0. The molecule has 1 atom stereocenters. The summed E-state index contributed by atoms with van der Waals surface area (Å²) in [4.78, 5) is 12.7. The van der Waals surface area contributed by atoms with Crippen molar-refractivity contribution < 1.29 is 4.92 Å². The van der Waals surface area contributed by atoms with Crippen LogP contribution in [0.4, 0.5) is 5.69 Å². The fourth-order valence-electron chi connectivity index (χ4n) is 2.03. The summed E-state index contributed by atoms with van der Waals surface area (Å²) in [6.07, 6.45) is 0. The molecule has 20 heavy (non-hydrogen) atoms. The second kappa shape index (κ2) is 8.25. The molecule has 0 aliphatic heterocycles. The third-order valence-electron chi connectivity index (χ3n) is 3.24. The Morgan fingerprint density at radius 2 is 2.05 bits per heavy atom. The Balaban J connectivity index is 2.73. The molecule has 0 fully saturated rings. The zero-order valence-electron chi connectivity index (χ0n) is 11.9. The molecule has 0 radical (unpaired) electrons. The predicted octanol–water partition coefficient (Wildman–Crippen LogP) is 2.09. The van der Waals surface area contributed by atoms with E-state index in [0.29, 0.717) is 12.1 Å². The number of nitro benzene ring substituents is 1. The van der Waals surface area contributed by atoms with Gasteiger partial charge in [-0.2, -0.15) is 5.26 Å². The molecule has 0 bridgehead atoms. The number of nitrogens with one attached hydrogen (secondary N) is 1. The molecule has 6 heteroatoms. The van der Waals surface area contributed by atoms with Crippen molar-refractivity contribution in [2.24, 2.45) is 0 Å². The average molecular weight is 276 g/mol. The Morgan fingerprint density at radius 1 is 1.40 bits per heavy atom. The van der Waals surface area contributed by atoms with Crippen LogP contribution in [-0.4, -0.2) is 36.0 Å². The number of benzene rings is 1. The normalized spacial score (nSPS) is 12.1. The van der Waals surface area contributed by atoms with Gasteiger partial charge in [0.15, 0.2) is 0 Å². The van der Waals surface area contributed by atoms with E-state index in [4.69, 9.17) is 0 Å². The number of para-hydroxylation sites is 1. The van der Waals surface area contributed by atoms with Crippen LogP contribution in [0, 0.1) is 21.4 Å². The summed E-state index contributed by atoms with van der Waals surface area (Å²) in [5.74, 6) is 0. The lowest BCUT2D eigenvalue weighted by atomic mass is 10.1. The maximum absolute atomic E-state index is 11.0. The molecular weight excluding hydrogens is 256 g/mol. The van der Waals surface area contributed by atoms with Gasteiger partial charge in [-0.15, -0.1) is 0 Å². The molecule has 0 spiro atoms. The van der Waals surface area contributed by atoms with Crippen molar-refractivity contribution in [3.8, 4) is 6.07 Å². The van der Waals surface area contributed by atoms with Gasteiger partial charge >= 0.3 is 0 Å². The van der Waals surface area contributed by atoms with Crippen LogP contribution in [0.15, 0.2) is 24.3 Å². The van der Waals surface area contributed by atoms with Crippen molar-refractivity contribution in [1.82, 2.24) is 10.2 Å². The molecule has 1 aromatic rings. The largest absolute Gasteiger partial charge is 0.303 e. The van der Waals surface area contributed by atoms with Gasteiger partial charge in [0.1, 0.15) is 6.04 Å². The first-order valence-electron chi connectivity index (χ1n) is 6.72. The molecule has 0 heterocycles. The minimum atomic E-state index is -0.660. The highest BCUT2D eigenvalue weighted by molar-refractivity contribution is 5.44. The monoisotopic (exact) mass is 276 g/mol. The number of likely N-dealkylation sites (N-methyl/N-ethyl adjacent to an activating group) is 1. The van der Waals surface area contributed by atoms with E-state index in [1.165, 1.54) is 6.07 Å². The number of nitrogens with zero attached hydrogens (tertiary/aromatic N) is 3. The van der Waals surface area contributed by atoms with Crippen LogP contribution >= 0.6 is 0 Å². The molecule has 1 rings (SSSR count). The summed E-state index contributed by atoms with van der Waals surface area (Å²) in [6, 6.07) is 7.78. The van der Waals surface area contributed by atoms with Crippen LogP contribution in [0.1, 0.15) is 25.5 Å². The number of rotatable bonds is 8. The van der Waals surface area contributed by atoms with E-state index in [0.717, 1.165) is 19.6 Å². The van der Waals surface area contributed by atoms with Crippen LogP contribution in [0.2, 0.25) is 0 Å². The molecule has 0 aliphatic carbocycles. The number of hydrogen-bond donors (Lipinski definition) is 1. The van der Waals surface area contributed by atoms with E-state index < -0.39 is 11.0 Å². The first kappa shape index (κ1) is 16.1. The zero-order valence-corrected chi connectivity index (χ0v) is 11.9. The molecule has 1 N–H and O–H groups in total. The van der Waals surface area contributed by atoms with Gasteiger partial charge in [-0.25, -0.2) is 0 Å². The van der Waals surface area contributed by atoms with Gasteiger partial charge in [0.25, 0.3) is 5.69 Å². The van der Waals surface area contributed by atoms with Gasteiger partial charge in [-0.1, -0.05) is 26.0 Å². The molecule has 1 aromatic carbocycles. The van der Waals surface area contributed by atoms with Gasteiger partial charge < -0.3 is 4.90 Å². The van der Waals surface area contributed by atoms with Crippen LogP contribution in [0.3, 0.4) is 0 Å². The number of nitriles is 1. The Kier molecular flexibility index (Phi) is 6.64. The topological polar surface area (TPSA) is 82.2 Å². The van der Waals surface area contributed by atoms with E-state index in [-0.39, 0.29) is 5.69 Å². The number of nitro groups is 1. The first-order valence-corrected chi connectivity index (χ1v) is 6.72. The molecule has 0 amide bonds. The average Bonchev–Trinajstić information content (AvgIpc) is 2.47. The maximum atomic E-state index is 11.0. The summed E-state index contributed by atoms with van der Waals surface area (Å²) in [6.45, 7) is 7.47. The lowest BCUT2D eigenvalue weighted by Crippen LogP contribution is -2.33. The van der Waals surface area contributed by atoms with Crippen LogP contribution in [0.5, 0.6) is 0 Å². The summed E-state index contributed by atoms with van der Waals surface area (Å²) >= 11 is 0. The molecule has 6 nitrogen and oxygen atoms in total. The molecule has 0 aromatic heterocycles. The van der Waals surface area contributed by atoms with Crippen molar-refractivity contribution >= 4 is 5.69 Å². The fraction of sp³-hybridized carbons (Fsp3) is 0.500. The molecule has 1 unspecified atom stereocenters. The van der Waals surface area contributed by atoms with Crippen molar-refractivity contribution in [3.05, 3.63) is 39.9 Å². The van der Waals surface area contributed by atoms with Crippen molar-refractivity contribution in [1.29, 1.82) is 5.26 Å². The Bertz CT molecular complexity index is 480. The van der Waals surface area contributed by atoms with Crippen LogP contribution in [0.25, 0.3) is 0 Å². The third kappa shape index (κ3) is 4.30. The minimum Gasteiger partial charge on any atom is -0.303 e. The summed E-state index contributed by atoms with van der Waals surface area (Å²) in [5.41, 5.74) is 0.397. The highest BCUT2D eigenvalue weighted by atomic mass is 16.6. The van der Waals surface area contributed by atoms with Crippen molar-refractivity contribution in [3.63, 3.8) is 0 Å². The summed E-state index contributed by atoms with van der Waals surface area (Å²) < 4.78 is 0. The van der Waals surface area contributed by atoms with Gasteiger partial charge in [0.05, 0.1) is 16.6 Å².